The molecule has 1 saturated carbocycles. The number of likely N-dealkylation sites (N-methyl/N-ethyl adjacent to an activating group) is 2. The summed E-state index contributed by atoms with van der Waals surface area (Å²) >= 11 is 0. The lowest BCUT2D eigenvalue weighted by atomic mass is 9.97. The summed E-state index contributed by atoms with van der Waals surface area (Å²) < 4.78 is 0. The normalized spacial score (nSPS) is 29.2. The Morgan fingerprint density at radius 1 is 1.19 bits per heavy atom. The Labute approximate surface area is 129 Å². The fourth-order valence-electron chi connectivity index (χ4n) is 4.30. The van der Waals surface area contributed by atoms with Crippen LogP contribution in [-0.2, 0) is 6.54 Å². The van der Waals surface area contributed by atoms with E-state index < -0.39 is 0 Å². The van der Waals surface area contributed by atoms with Gasteiger partial charge in [0.15, 0.2) is 0 Å². The summed E-state index contributed by atoms with van der Waals surface area (Å²) in [5.74, 6) is 1.81. The molecule has 21 heavy (non-hydrogen) atoms. The third-order valence-corrected chi connectivity index (χ3v) is 5.42. The summed E-state index contributed by atoms with van der Waals surface area (Å²) in [6.07, 6.45) is 2.82. The quantitative estimate of drug-likeness (QED) is 0.864. The van der Waals surface area contributed by atoms with Crippen molar-refractivity contribution in [2.24, 2.45) is 11.8 Å². The highest BCUT2D eigenvalue weighted by atomic mass is 15.2. The van der Waals surface area contributed by atoms with Crippen molar-refractivity contribution in [3.8, 4) is 0 Å². The summed E-state index contributed by atoms with van der Waals surface area (Å²) in [5, 5.41) is 3.27. The molecule has 116 valence electrons. The first kappa shape index (κ1) is 15.0. The molecule has 3 heteroatoms. The van der Waals surface area contributed by atoms with E-state index in [1.54, 1.807) is 0 Å². The van der Waals surface area contributed by atoms with Gasteiger partial charge in [-0.2, -0.15) is 0 Å². The third-order valence-electron chi connectivity index (χ3n) is 5.42. The SMILES string of the molecule is CNCCN(C)[C@@H]1CC[C@@H]2CN(Cc3ccccc3)C[C@@H]21. The second kappa shape index (κ2) is 6.91. The van der Waals surface area contributed by atoms with Crippen LogP contribution in [0.5, 0.6) is 0 Å². The fraction of sp³-hybridized carbons (Fsp3) is 0.667. The predicted molar refractivity (Wildman–Crippen MR) is 88.3 cm³/mol. The van der Waals surface area contributed by atoms with Crippen molar-refractivity contribution >= 4 is 0 Å². The highest BCUT2D eigenvalue weighted by Crippen LogP contribution is 2.40. The molecule has 1 aliphatic heterocycles. The van der Waals surface area contributed by atoms with Gasteiger partial charge in [-0.3, -0.25) is 4.90 Å². The van der Waals surface area contributed by atoms with Crippen molar-refractivity contribution in [1.82, 2.24) is 15.1 Å². The van der Waals surface area contributed by atoms with E-state index in [0.29, 0.717) is 0 Å². The third kappa shape index (κ3) is 3.47. The van der Waals surface area contributed by atoms with Gasteiger partial charge in [-0.05, 0) is 44.3 Å². The molecule has 1 heterocycles. The Balaban J connectivity index is 1.56. The van der Waals surface area contributed by atoms with E-state index >= 15 is 0 Å². The van der Waals surface area contributed by atoms with E-state index in [0.717, 1.165) is 31.0 Å². The van der Waals surface area contributed by atoms with Crippen molar-refractivity contribution in [2.45, 2.75) is 25.4 Å². The van der Waals surface area contributed by atoms with Crippen LogP contribution < -0.4 is 5.32 Å². The maximum Gasteiger partial charge on any atom is 0.0233 e. The van der Waals surface area contributed by atoms with E-state index in [1.165, 1.54) is 38.0 Å². The Bertz CT molecular complexity index is 433. The molecule has 0 aromatic heterocycles. The minimum absolute atomic E-state index is 0.795. The first-order chi connectivity index (χ1) is 10.3. The van der Waals surface area contributed by atoms with Gasteiger partial charge in [0.25, 0.3) is 0 Å². The van der Waals surface area contributed by atoms with Gasteiger partial charge in [0.1, 0.15) is 0 Å². The number of hydrogen-bond donors (Lipinski definition) is 1. The maximum atomic E-state index is 3.27. The van der Waals surface area contributed by atoms with Crippen molar-refractivity contribution < 1.29 is 0 Å². The Morgan fingerprint density at radius 3 is 2.76 bits per heavy atom. The van der Waals surface area contributed by atoms with Gasteiger partial charge in [0.05, 0.1) is 0 Å². The van der Waals surface area contributed by atoms with E-state index in [2.05, 4.69) is 52.5 Å². The van der Waals surface area contributed by atoms with E-state index in [9.17, 15) is 0 Å². The Kier molecular flexibility index (Phi) is 4.94. The zero-order valence-corrected chi connectivity index (χ0v) is 13.5. The van der Waals surface area contributed by atoms with E-state index in [1.807, 2.05) is 7.05 Å². The average molecular weight is 287 g/mol. The van der Waals surface area contributed by atoms with Gasteiger partial charge >= 0.3 is 0 Å². The highest BCUT2D eigenvalue weighted by molar-refractivity contribution is 5.15. The molecule has 0 bridgehead atoms. The number of rotatable bonds is 6. The minimum Gasteiger partial charge on any atom is -0.318 e. The minimum atomic E-state index is 0.795. The van der Waals surface area contributed by atoms with Crippen molar-refractivity contribution in [1.29, 1.82) is 0 Å². The van der Waals surface area contributed by atoms with E-state index in [-0.39, 0.29) is 0 Å². The molecule has 1 N–H and O–H groups in total. The molecule has 1 aliphatic carbocycles. The van der Waals surface area contributed by atoms with Gasteiger partial charge in [0, 0.05) is 38.8 Å². The smallest absolute Gasteiger partial charge is 0.0233 e. The number of hydrogen-bond acceptors (Lipinski definition) is 3. The molecule has 3 rings (SSSR count). The number of likely N-dealkylation sites (tertiary alicyclic amines) is 1. The zero-order chi connectivity index (χ0) is 14.7. The summed E-state index contributed by atoms with van der Waals surface area (Å²) in [6.45, 7) is 5.98. The van der Waals surface area contributed by atoms with Crippen molar-refractivity contribution in [3.63, 3.8) is 0 Å². The molecular weight excluding hydrogens is 258 g/mol. The van der Waals surface area contributed by atoms with Crippen LogP contribution in [0.25, 0.3) is 0 Å². The number of benzene rings is 1. The maximum absolute atomic E-state index is 3.27. The molecule has 3 nitrogen and oxygen atoms in total. The molecule has 0 spiro atoms. The molecular formula is C18H29N3. The molecule has 2 fully saturated rings. The molecule has 1 aromatic carbocycles. The van der Waals surface area contributed by atoms with Crippen molar-refractivity contribution in [3.05, 3.63) is 35.9 Å². The summed E-state index contributed by atoms with van der Waals surface area (Å²) in [4.78, 5) is 5.26. The number of fused-ring (bicyclic) bond motifs is 1. The Hall–Kier alpha value is -0.900. The molecule has 3 atom stereocenters. The van der Waals surface area contributed by atoms with Gasteiger partial charge in [0.2, 0.25) is 0 Å². The van der Waals surface area contributed by atoms with Crippen LogP contribution >= 0.6 is 0 Å². The summed E-state index contributed by atoms with van der Waals surface area (Å²) in [7, 11) is 4.35. The van der Waals surface area contributed by atoms with Crippen LogP contribution in [-0.4, -0.2) is 56.1 Å². The Morgan fingerprint density at radius 2 is 2.00 bits per heavy atom. The van der Waals surface area contributed by atoms with Gasteiger partial charge < -0.3 is 10.2 Å². The van der Waals surface area contributed by atoms with Crippen LogP contribution in [0.3, 0.4) is 0 Å². The first-order valence-electron chi connectivity index (χ1n) is 8.39. The van der Waals surface area contributed by atoms with Crippen LogP contribution in [0, 0.1) is 11.8 Å². The van der Waals surface area contributed by atoms with Gasteiger partial charge in [-0.15, -0.1) is 0 Å². The highest BCUT2D eigenvalue weighted by Gasteiger charge is 2.43. The zero-order valence-electron chi connectivity index (χ0n) is 13.5. The van der Waals surface area contributed by atoms with E-state index in [4.69, 9.17) is 0 Å². The fourth-order valence-corrected chi connectivity index (χ4v) is 4.30. The second-order valence-electron chi connectivity index (χ2n) is 6.83. The monoisotopic (exact) mass is 287 g/mol. The molecule has 2 aliphatic rings. The van der Waals surface area contributed by atoms with Crippen LogP contribution in [0.1, 0.15) is 18.4 Å². The van der Waals surface area contributed by atoms with Gasteiger partial charge in [-0.25, -0.2) is 0 Å². The standard InChI is InChI=1S/C18H29N3/c1-19-10-11-20(2)18-9-8-16-13-21(14-17(16)18)12-15-6-4-3-5-7-15/h3-7,16-19H,8-14H2,1-2H3/t16-,17+,18-/m1/s1. The van der Waals surface area contributed by atoms with Gasteiger partial charge in [-0.1, -0.05) is 30.3 Å². The van der Waals surface area contributed by atoms with Crippen LogP contribution in [0.15, 0.2) is 30.3 Å². The average Bonchev–Trinajstić information content (AvgIpc) is 3.05. The number of nitrogens with one attached hydrogen (secondary N) is 1. The lowest BCUT2D eigenvalue weighted by Gasteiger charge is -2.29. The molecule has 1 aromatic rings. The molecule has 0 amide bonds. The number of nitrogens with zero attached hydrogens (tertiary/aromatic N) is 2. The van der Waals surface area contributed by atoms with Crippen LogP contribution in [0.2, 0.25) is 0 Å². The molecule has 0 unspecified atom stereocenters. The van der Waals surface area contributed by atoms with Crippen LogP contribution in [0.4, 0.5) is 0 Å². The lowest BCUT2D eigenvalue weighted by Crippen LogP contribution is -2.40. The predicted octanol–water partition coefficient (Wildman–Crippen LogP) is 2.05. The lowest BCUT2D eigenvalue weighted by molar-refractivity contribution is 0.184. The topological polar surface area (TPSA) is 18.5 Å². The second-order valence-corrected chi connectivity index (χ2v) is 6.83. The molecule has 1 saturated heterocycles. The summed E-state index contributed by atoms with van der Waals surface area (Å²) in [5.41, 5.74) is 1.46. The largest absolute Gasteiger partial charge is 0.318 e. The first-order valence-corrected chi connectivity index (χ1v) is 8.39. The van der Waals surface area contributed by atoms with Crippen molar-refractivity contribution in [2.75, 3.05) is 40.3 Å². The molecule has 0 radical (unpaired) electrons. The summed E-state index contributed by atoms with van der Waals surface area (Å²) in [6, 6.07) is 11.7.